The SMILES string of the molecule is CCOC(CN(Cc1cccc(OC)c1OC)C(=O)[C@H](Cc1ccc(OC(C)(C)C)cc1)NC(=O)OCc1ccccc1)OCC. The molecule has 0 aliphatic rings. The molecule has 0 heterocycles. The van der Waals surface area contributed by atoms with Crippen molar-refractivity contribution in [2.45, 2.75) is 72.1 Å². The largest absolute Gasteiger partial charge is 0.493 e. The van der Waals surface area contributed by atoms with Crippen LogP contribution in [0.4, 0.5) is 4.79 Å². The summed E-state index contributed by atoms with van der Waals surface area (Å²) in [5.74, 6) is 1.40. The molecule has 1 atom stereocenters. The van der Waals surface area contributed by atoms with Gasteiger partial charge in [0.1, 0.15) is 24.0 Å². The van der Waals surface area contributed by atoms with Crippen LogP contribution in [0.15, 0.2) is 72.8 Å². The van der Waals surface area contributed by atoms with Crippen molar-refractivity contribution < 1.29 is 38.0 Å². The number of hydrogen-bond donors (Lipinski definition) is 1. The first-order valence-corrected chi connectivity index (χ1v) is 15.5. The molecule has 1 N–H and O–H groups in total. The second-order valence-electron chi connectivity index (χ2n) is 11.5. The van der Waals surface area contributed by atoms with Gasteiger partial charge in [0.25, 0.3) is 0 Å². The number of methoxy groups -OCH3 is 2. The van der Waals surface area contributed by atoms with Crippen LogP contribution in [0.25, 0.3) is 0 Å². The maximum Gasteiger partial charge on any atom is 0.408 e. The monoisotopic (exact) mass is 636 g/mol. The van der Waals surface area contributed by atoms with E-state index in [9.17, 15) is 9.59 Å². The van der Waals surface area contributed by atoms with Crippen molar-refractivity contribution in [3.63, 3.8) is 0 Å². The maximum atomic E-state index is 14.5. The predicted molar refractivity (Wildman–Crippen MR) is 176 cm³/mol. The molecule has 3 rings (SSSR count). The first kappa shape index (κ1) is 36.2. The van der Waals surface area contributed by atoms with E-state index in [1.54, 1.807) is 25.2 Å². The smallest absolute Gasteiger partial charge is 0.408 e. The summed E-state index contributed by atoms with van der Waals surface area (Å²) in [6, 6.07) is 21.3. The summed E-state index contributed by atoms with van der Waals surface area (Å²) in [6.45, 7) is 10.8. The van der Waals surface area contributed by atoms with Gasteiger partial charge >= 0.3 is 6.09 Å². The average Bonchev–Trinajstić information content (AvgIpc) is 3.03. The molecule has 0 spiro atoms. The third-order valence-corrected chi connectivity index (χ3v) is 6.82. The van der Waals surface area contributed by atoms with Crippen molar-refractivity contribution in [1.29, 1.82) is 0 Å². The number of nitrogens with zero attached hydrogens (tertiary/aromatic N) is 1. The predicted octanol–water partition coefficient (Wildman–Crippen LogP) is 6.15. The van der Waals surface area contributed by atoms with E-state index >= 15 is 0 Å². The zero-order valence-corrected chi connectivity index (χ0v) is 28.0. The molecule has 2 amide bonds. The number of nitrogens with one attached hydrogen (secondary N) is 1. The van der Waals surface area contributed by atoms with Crippen LogP contribution >= 0.6 is 0 Å². The minimum Gasteiger partial charge on any atom is -0.493 e. The fourth-order valence-corrected chi connectivity index (χ4v) is 4.83. The van der Waals surface area contributed by atoms with Crippen LogP contribution in [0.2, 0.25) is 0 Å². The van der Waals surface area contributed by atoms with Crippen molar-refractivity contribution in [2.24, 2.45) is 0 Å². The molecule has 10 heteroatoms. The van der Waals surface area contributed by atoms with E-state index in [4.69, 9.17) is 28.4 Å². The van der Waals surface area contributed by atoms with Crippen LogP contribution in [0.1, 0.15) is 51.3 Å². The number of rotatable bonds is 17. The third kappa shape index (κ3) is 11.6. The lowest BCUT2D eigenvalue weighted by atomic mass is 10.0. The van der Waals surface area contributed by atoms with E-state index in [0.717, 1.165) is 16.7 Å². The van der Waals surface area contributed by atoms with Crippen LogP contribution in [0, 0.1) is 0 Å². The Morgan fingerprint density at radius 1 is 0.826 bits per heavy atom. The number of para-hydroxylation sites is 1. The van der Waals surface area contributed by atoms with Gasteiger partial charge in [0.15, 0.2) is 17.8 Å². The Labute approximate surface area is 272 Å². The highest BCUT2D eigenvalue weighted by Gasteiger charge is 2.30. The lowest BCUT2D eigenvalue weighted by Crippen LogP contribution is -2.51. The highest BCUT2D eigenvalue weighted by Crippen LogP contribution is 2.32. The molecular weight excluding hydrogens is 588 g/mol. The summed E-state index contributed by atoms with van der Waals surface area (Å²) in [5, 5.41) is 2.82. The quantitative estimate of drug-likeness (QED) is 0.176. The molecule has 0 aliphatic carbocycles. The molecule has 3 aromatic rings. The summed E-state index contributed by atoms with van der Waals surface area (Å²) in [7, 11) is 3.11. The van der Waals surface area contributed by atoms with Crippen molar-refractivity contribution in [3.05, 3.63) is 89.5 Å². The normalized spacial score (nSPS) is 11.9. The topological polar surface area (TPSA) is 105 Å². The number of hydrogen-bond acceptors (Lipinski definition) is 8. The molecule has 46 heavy (non-hydrogen) atoms. The molecule has 0 radical (unpaired) electrons. The van der Waals surface area contributed by atoms with Gasteiger partial charge in [0.2, 0.25) is 5.91 Å². The number of carbonyl (C=O) groups is 2. The van der Waals surface area contributed by atoms with Crippen molar-refractivity contribution in [2.75, 3.05) is 34.0 Å². The summed E-state index contributed by atoms with van der Waals surface area (Å²) in [5.41, 5.74) is 2.02. The number of ether oxygens (including phenoxy) is 6. The van der Waals surface area contributed by atoms with Gasteiger partial charge < -0.3 is 38.6 Å². The molecule has 250 valence electrons. The number of amides is 2. The lowest BCUT2D eigenvalue weighted by Gasteiger charge is -2.31. The van der Waals surface area contributed by atoms with E-state index in [1.807, 2.05) is 101 Å². The second kappa shape index (κ2) is 18.0. The standard InChI is InChI=1S/C36H48N2O8/c1-8-43-32(44-9-2)24-38(23-28-16-13-17-31(41-6)33(28)42-7)34(39)30(37-35(40)45-25-27-14-11-10-12-15-27)22-26-18-20-29(21-19-26)46-36(3,4)5/h10-21,30,32H,8-9,22-25H2,1-7H3,(H,37,40)/t30-/m0/s1. The van der Waals surface area contributed by atoms with Crippen molar-refractivity contribution in [1.82, 2.24) is 10.2 Å². The van der Waals surface area contributed by atoms with Gasteiger partial charge in [-0.3, -0.25) is 4.79 Å². The maximum absolute atomic E-state index is 14.5. The van der Waals surface area contributed by atoms with Crippen LogP contribution in [0.3, 0.4) is 0 Å². The van der Waals surface area contributed by atoms with Gasteiger partial charge in [-0.25, -0.2) is 4.79 Å². The average molecular weight is 637 g/mol. The van der Waals surface area contributed by atoms with Crippen LogP contribution < -0.4 is 19.5 Å². The van der Waals surface area contributed by atoms with Gasteiger partial charge in [-0.15, -0.1) is 0 Å². The molecular formula is C36H48N2O8. The fourth-order valence-electron chi connectivity index (χ4n) is 4.83. The first-order chi connectivity index (χ1) is 22.1. The molecule has 0 saturated carbocycles. The van der Waals surface area contributed by atoms with Gasteiger partial charge in [-0.05, 0) is 63.9 Å². The summed E-state index contributed by atoms with van der Waals surface area (Å²) in [6.07, 6.45) is -1.19. The van der Waals surface area contributed by atoms with Gasteiger partial charge in [0, 0.05) is 31.7 Å². The zero-order chi connectivity index (χ0) is 33.5. The second-order valence-corrected chi connectivity index (χ2v) is 11.5. The minimum atomic E-state index is -0.974. The lowest BCUT2D eigenvalue weighted by molar-refractivity contribution is -0.161. The highest BCUT2D eigenvalue weighted by atomic mass is 16.7. The Morgan fingerprint density at radius 3 is 2.09 bits per heavy atom. The van der Waals surface area contributed by atoms with E-state index < -0.39 is 18.4 Å². The van der Waals surface area contributed by atoms with Crippen LogP contribution in [0.5, 0.6) is 17.2 Å². The van der Waals surface area contributed by atoms with E-state index in [0.29, 0.717) is 30.5 Å². The number of alkyl carbamates (subject to hydrolysis) is 1. The Kier molecular flexibility index (Phi) is 14.2. The summed E-state index contributed by atoms with van der Waals surface area (Å²) >= 11 is 0. The molecule has 10 nitrogen and oxygen atoms in total. The molecule has 0 unspecified atom stereocenters. The molecule has 3 aromatic carbocycles. The van der Waals surface area contributed by atoms with E-state index in [-0.39, 0.29) is 37.6 Å². The molecule has 0 saturated heterocycles. The van der Waals surface area contributed by atoms with Gasteiger partial charge in [-0.2, -0.15) is 0 Å². The number of benzene rings is 3. The minimum absolute atomic E-state index is 0.0634. The van der Waals surface area contributed by atoms with Gasteiger partial charge in [0.05, 0.1) is 20.8 Å². The van der Waals surface area contributed by atoms with Crippen LogP contribution in [-0.2, 0) is 38.6 Å². The Morgan fingerprint density at radius 2 is 1.50 bits per heavy atom. The summed E-state index contributed by atoms with van der Waals surface area (Å²) in [4.78, 5) is 29.2. The Hall–Kier alpha value is -4.28. The van der Waals surface area contributed by atoms with Crippen LogP contribution in [-0.4, -0.2) is 68.8 Å². The first-order valence-electron chi connectivity index (χ1n) is 15.5. The third-order valence-electron chi connectivity index (χ3n) is 6.82. The highest BCUT2D eigenvalue weighted by molar-refractivity contribution is 5.86. The van der Waals surface area contributed by atoms with Crippen molar-refractivity contribution >= 4 is 12.0 Å². The summed E-state index contributed by atoms with van der Waals surface area (Å²) < 4.78 is 34.3. The fraction of sp³-hybridized carbons (Fsp3) is 0.444. The van der Waals surface area contributed by atoms with Gasteiger partial charge in [-0.1, -0.05) is 54.6 Å². The zero-order valence-electron chi connectivity index (χ0n) is 28.0. The molecule has 0 aliphatic heterocycles. The van der Waals surface area contributed by atoms with Crippen molar-refractivity contribution in [3.8, 4) is 17.2 Å². The van der Waals surface area contributed by atoms with E-state index in [2.05, 4.69) is 5.32 Å². The molecule has 0 bridgehead atoms. The molecule has 0 fully saturated rings. The molecule has 0 aromatic heterocycles. The Bertz CT molecular complexity index is 1350. The van der Waals surface area contributed by atoms with E-state index in [1.165, 1.54) is 0 Å². The number of carbonyl (C=O) groups excluding carboxylic acids is 2. The Balaban J connectivity index is 1.94.